The number of para-hydroxylation sites is 1. The van der Waals surface area contributed by atoms with Crippen LogP contribution in [0.3, 0.4) is 0 Å². The minimum absolute atomic E-state index is 0.108. The van der Waals surface area contributed by atoms with Crippen LogP contribution in [-0.2, 0) is 9.53 Å². The molecule has 0 fully saturated rings. The van der Waals surface area contributed by atoms with Gasteiger partial charge < -0.3 is 9.47 Å². The van der Waals surface area contributed by atoms with Crippen molar-refractivity contribution in [2.75, 3.05) is 0 Å². The zero-order chi connectivity index (χ0) is 14.3. The normalized spacial score (nSPS) is 12.7. The lowest BCUT2D eigenvalue weighted by atomic mass is 10.2. The number of benzene rings is 1. The standard InChI is InChI=1S/C16H22O3/c1-5-13(4)19-15-9-7-6-8-14(15)10-11-16(17)18-12(2)3/h6-13H,5H2,1-4H3/b11-10+. The molecule has 0 aliphatic heterocycles. The minimum Gasteiger partial charge on any atom is -0.490 e. The molecule has 0 aliphatic carbocycles. The minimum atomic E-state index is -0.339. The van der Waals surface area contributed by atoms with Crippen molar-refractivity contribution in [3.63, 3.8) is 0 Å². The van der Waals surface area contributed by atoms with Gasteiger partial charge in [0.1, 0.15) is 5.75 Å². The number of carbonyl (C=O) groups excluding carboxylic acids is 1. The fourth-order valence-corrected chi connectivity index (χ4v) is 1.46. The second-order valence-corrected chi connectivity index (χ2v) is 4.69. The van der Waals surface area contributed by atoms with Gasteiger partial charge in [-0.05, 0) is 39.3 Å². The van der Waals surface area contributed by atoms with Crippen LogP contribution < -0.4 is 4.74 Å². The van der Waals surface area contributed by atoms with E-state index in [1.807, 2.05) is 45.0 Å². The highest BCUT2D eigenvalue weighted by Gasteiger charge is 2.05. The molecule has 3 heteroatoms. The first kappa shape index (κ1) is 15.3. The van der Waals surface area contributed by atoms with Gasteiger partial charge in [0.25, 0.3) is 0 Å². The van der Waals surface area contributed by atoms with E-state index in [1.54, 1.807) is 6.08 Å². The molecule has 0 aliphatic rings. The van der Waals surface area contributed by atoms with E-state index in [0.29, 0.717) is 0 Å². The van der Waals surface area contributed by atoms with Gasteiger partial charge in [-0.15, -0.1) is 0 Å². The van der Waals surface area contributed by atoms with Crippen LogP contribution >= 0.6 is 0 Å². The Hall–Kier alpha value is -1.77. The fraction of sp³-hybridized carbons (Fsp3) is 0.438. The zero-order valence-corrected chi connectivity index (χ0v) is 12.1. The molecule has 0 bridgehead atoms. The summed E-state index contributed by atoms with van der Waals surface area (Å²) < 4.78 is 10.9. The molecule has 19 heavy (non-hydrogen) atoms. The van der Waals surface area contributed by atoms with Crippen molar-refractivity contribution < 1.29 is 14.3 Å². The van der Waals surface area contributed by atoms with Crippen LogP contribution in [0.15, 0.2) is 30.3 Å². The molecule has 0 amide bonds. The molecule has 1 aromatic carbocycles. The Morgan fingerprint density at radius 2 is 1.95 bits per heavy atom. The topological polar surface area (TPSA) is 35.5 Å². The van der Waals surface area contributed by atoms with Crippen LogP contribution in [0.25, 0.3) is 6.08 Å². The lowest BCUT2D eigenvalue weighted by Gasteiger charge is -2.14. The molecule has 3 nitrogen and oxygen atoms in total. The second-order valence-electron chi connectivity index (χ2n) is 4.69. The summed E-state index contributed by atoms with van der Waals surface area (Å²) in [6.45, 7) is 7.74. The van der Waals surface area contributed by atoms with Gasteiger partial charge in [-0.25, -0.2) is 4.79 Å². The largest absolute Gasteiger partial charge is 0.490 e. The van der Waals surface area contributed by atoms with Gasteiger partial charge in [0.2, 0.25) is 0 Å². The summed E-state index contributed by atoms with van der Waals surface area (Å²) in [5.74, 6) is 0.443. The quantitative estimate of drug-likeness (QED) is 0.577. The highest BCUT2D eigenvalue weighted by atomic mass is 16.5. The number of hydrogen-bond donors (Lipinski definition) is 0. The fourth-order valence-electron chi connectivity index (χ4n) is 1.46. The maximum absolute atomic E-state index is 11.5. The Kier molecular flexibility index (Phi) is 6.13. The molecule has 0 saturated heterocycles. The van der Waals surface area contributed by atoms with E-state index in [2.05, 4.69) is 6.92 Å². The molecular weight excluding hydrogens is 240 g/mol. The van der Waals surface area contributed by atoms with Gasteiger partial charge in [-0.1, -0.05) is 25.1 Å². The van der Waals surface area contributed by atoms with E-state index in [4.69, 9.17) is 9.47 Å². The molecule has 1 unspecified atom stereocenters. The van der Waals surface area contributed by atoms with Gasteiger partial charge in [-0.2, -0.15) is 0 Å². The van der Waals surface area contributed by atoms with Crippen LogP contribution in [-0.4, -0.2) is 18.2 Å². The molecule has 0 heterocycles. The number of carbonyl (C=O) groups is 1. The molecule has 104 valence electrons. The summed E-state index contributed by atoms with van der Waals surface area (Å²) in [7, 11) is 0. The van der Waals surface area contributed by atoms with Crippen molar-refractivity contribution in [2.24, 2.45) is 0 Å². The van der Waals surface area contributed by atoms with Crippen molar-refractivity contribution >= 4 is 12.0 Å². The highest BCUT2D eigenvalue weighted by molar-refractivity contribution is 5.87. The zero-order valence-electron chi connectivity index (χ0n) is 12.1. The van der Waals surface area contributed by atoms with E-state index in [0.717, 1.165) is 17.7 Å². The van der Waals surface area contributed by atoms with Gasteiger partial charge in [0.15, 0.2) is 0 Å². The first-order valence-electron chi connectivity index (χ1n) is 6.67. The first-order valence-corrected chi connectivity index (χ1v) is 6.67. The van der Waals surface area contributed by atoms with E-state index in [9.17, 15) is 4.79 Å². The maximum atomic E-state index is 11.5. The predicted molar refractivity (Wildman–Crippen MR) is 77.1 cm³/mol. The molecule has 1 atom stereocenters. The summed E-state index contributed by atoms with van der Waals surface area (Å²) in [5.41, 5.74) is 0.878. The van der Waals surface area contributed by atoms with Crippen molar-refractivity contribution in [1.29, 1.82) is 0 Å². The number of esters is 1. The lowest BCUT2D eigenvalue weighted by Crippen LogP contribution is -2.10. The summed E-state index contributed by atoms with van der Waals surface area (Å²) >= 11 is 0. The molecular formula is C16H22O3. The summed E-state index contributed by atoms with van der Waals surface area (Å²) in [5, 5.41) is 0. The van der Waals surface area contributed by atoms with Crippen LogP contribution in [0.5, 0.6) is 5.75 Å². The van der Waals surface area contributed by atoms with Gasteiger partial charge in [0.05, 0.1) is 12.2 Å². The summed E-state index contributed by atoms with van der Waals surface area (Å²) in [4.78, 5) is 11.5. The Morgan fingerprint density at radius 1 is 1.26 bits per heavy atom. The SMILES string of the molecule is CCC(C)Oc1ccccc1/C=C/C(=O)OC(C)C. The van der Waals surface area contributed by atoms with E-state index in [-0.39, 0.29) is 18.2 Å². The molecule has 0 radical (unpaired) electrons. The van der Waals surface area contributed by atoms with Crippen LogP contribution in [0.1, 0.15) is 39.7 Å². The third kappa shape index (κ3) is 5.60. The van der Waals surface area contributed by atoms with Crippen molar-refractivity contribution in [2.45, 2.75) is 46.3 Å². The second kappa shape index (κ2) is 7.62. The lowest BCUT2D eigenvalue weighted by molar-refractivity contribution is -0.141. The maximum Gasteiger partial charge on any atom is 0.331 e. The van der Waals surface area contributed by atoms with E-state index in [1.165, 1.54) is 6.08 Å². The molecule has 0 N–H and O–H groups in total. The van der Waals surface area contributed by atoms with E-state index >= 15 is 0 Å². The van der Waals surface area contributed by atoms with Crippen LogP contribution in [0.4, 0.5) is 0 Å². The predicted octanol–water partition coefficient (Wildman–Crippen LogP) is 3.83. The van der Waals surface area contributed by atoms with Crippen molar-refractivity contribution in [3.05, 3.63) is 35.9 Å². The van der Waals surface area contributed by atoms with Gasteiger partial charge in [0, 0.05) is 11.6 Å². The summed E-state index contributed by atoms with van der Waals surface area (Å²) in [6.07, 6.45) is 4.13. The average molecular weight is 262 g/mol. The Bertz CT molecular complexity index is 435. The molecule has 0 spiro atoms. The Morgan fingerprint density at radius 3 is 2.58 bits per heavy atom. The number of ether oxygens (including phenoxy) is 2. The van der Waals surface area contributed by atoms with E-state index < -0.39 is 0 Å². The van der Waals surface area contributed by atoms with Crippen LogP contribution in [0, 0.1) is 0 Å². The highest BCUT2D eigenvalue weighted by Crippen LogP contribution is 2.21. The summed E-state index contributed by atoms with van der Waals surface area (Å²) in [6, 6.07) is 7.65. The number of rotatable bonds is 6. The third-order valence-electron chi connectivity index (χ3n) is 2.57. The van der Waals surface area contributed by atoms with Gasteiger partial charge in [-0.3, -0.25) is 0 Å². The Balaban J connectivity index is 2.77. The Labute approximate surface area is 115 Å². The van der Waals surface area contributed by atoms with Crippen molar-refractivity contribution in [1.82, 2.24) is 0 Å². The molecule has 1 aromatic rings. The first-order chi connectivity index (χ1) is 9.02. The van der Waals surface area contributed by atoms with Crippen molar-refractivity contribution in [3.8, 4) is 5.75 Å². The molecule has 1 rings (SSSR count). The van der Waals surface area contributed by atoms with Crippen LogP contribution in [0.2, 0.25) is 0 Å². The average Bonchev–Trinajstić information content (AvgIpc) is 2.36. The smallest absolute Gasteiger partial charge is 0.331 e. The molecule has 0 aromatic heterocycles. The number of hydrogen-bond acceptors (Lipinski definition) is 3. The third-order valence-corrected chi connectivity index (χ3v) is 2.57. The monoisotopic (exact) mass is 262 g/mol. The molecule has 0 saturated carbocycles. The van der Waals surface area contributed by atoms with Gasteiger partial charge >= 0.3 is 5.97 Å².